The third kappa shape index (κ3) is 5.40. The molecule has 5 nitrogen and oxygen atoms in total. The molecule has 164 valence electrons. The van der Waals surface area contributed by atoms with Gasteiger partial charge in [0, 0.05) is 10.5 Å². The number of ether oxygens (including phenoxy) is 2. The van der Waals surface area contributed by atoms with E-state index in [1.165, 1.54) is 12.0 Å². The van der Waals surface area contributed by atoms with E-state index in [2.05, 4.69) is 15.9 Å². The van der Waals surface area contributed by atoms with Crippen molar-refractivity contribution in [3.63, 3.8) is 0 Å². The molecule has 0 unspecified atom stereocenters. The second kappa shape index (κ2) is 10.3. The zero-order valence-electron chi connectivity index (χ0n) is 17.1. The van der Waals surface area contributed by atoms with Gasteiger partial charge in [0.15, 0.2) is 11.5 Å². The molecule has 1 atom stereocenters. The Labute approximate surface area is 203 Å². The van der Waals surface area contributed by atoms with Gasteiger partial charge in [0.05, 0.1) is 22.1 Å². The van der Waals surface area contributed by atoms with Crippen LogP contribution in [0.25, 0.3) is 6.08 Å². The summed E-state index contributed by atoms with van der Waals surface area (Å²) in [6, 6.07) is 8.66. The molecule has 0 saturated carbocycles. The molecule has 1 heterocycles. The first-order valence-corrected chi connectivity index (χ1v) is 11.8. The number of hydrogen-bond donors (Lipinski definition) is 0. The molecule has 0 N–H and O–H groups in total. The summed E-state index contributed by atoms with van der Waals surface area (Å²) in [5.41, 5.74) is 1.56. The topological polar surface area (TPSA) is 55.8 Å². The number of rotatable bonds is 7. The highest BCUT2D eigenvalue weighted by Gasteiger charge is 2.37. The maximum Gasteiger partial charge on any atom is 0.293 e. The Bertz CT molecular complexity index is 1060. The van der Waals surface area contributed by atoms with Gasteiger partial charge in [-0.25, -0.2) is 0 Å². The molecule has 0 radical (unpaired) electrons. The van der Waals surface area contributed by atoms with Crippen molar-refractivity contribution < 1.29 is 19.1 Å². The van der Waals surface area contributed by atoms with E-state index in [1.54, 1.807) is 30.3 Å². The molecule has 1 saturated heterocycles. The molecule has 0 bridgehead atoms. The standard InChI is InChI=1S/C22H20BrCl2NO4S/c1-4-12(2)26-21(27)20(31-22(26)28)9-14-8-18(29-3)19(10-15(14)23)30-11-13-5-6-16(24)17(25)7-13/h5-10,12H,4,11H2,1-3H3/b20-9+/t12-/m1/s1. The summed E-state index contributed by atoms with van der Waals surface area (Å²) in [4.78, 5) is 26.6. The van der Waals surface area contributed by atoms with Gasteiger partial charge in [0.2, 0.25) is 0 Å². The molecule has 3 rings (SSSR count). The summed E-state index contributed by atoms with van der Waals surface area (Å²) < 4.78 is 12.1. The van der Waals surface area contributed by atoms with Crippen molar-refractivity contribution in [3.8, 4) is 11.5 Å². The maximum atomic E-state index is 12.7. The van der Waals surface area contributed by atoms with Crippen LogP contribution in [0.3, 0.4) is 0 Å². The number of hydrogen-bond acceptors (Lipinski definition) is 5. The minimum absolute atomic E-state index is 0.145. The summed E-state index contributed by atoms with van der Waals surface area (Å²) in [6.07, 6.45) is 2.39. The second-order valence-electron chi connectivity index (χ2n) is 6.87. The summed E-state index contributed by atoms with van der Waals surface area (Å²) >= 11 is 16.5. The Hall–Kier alpha value is -1.67. The highest BCUT2D eigenvalue weighted by atomic mass is 79.9. The van der Waals surface area contributed by atoms with E-state index in [0.29, 0.717) is 42.9 Å². The number of carbonyl (C=O) groups excluding carboxylic acids is 2. The molecule has 2 aromatic carbocycles. The number of imide groups is 1. The summed E-state index contributed by atoms with van der Waals surface area (Å²) in [6.45, 7) is 4.07. The summed E-state index contributed by atoms with van der Waals surface area (Å²) in [5.74, 6) is 0.733. The van der Waals surface area contributed by atoms with Crippen molar-refractivity contribution in [1.82, 2.24) is 4.90 Å². The fourth-order valence-corrected chi connectivity index (χ4v) is 4.59. The van der Waals surface area contributed by atoms with Crippen molar-refractivity contribution in [3.05, 3.63) is 60.9 Å². The highest BCUT2D eigenvalue weighted by molar-refractivity contribution is 9.10. The minimum atomic E-state index is -0.282. The quantitative estimate of drug-likeness (QED) is 0.345. The molecule has 2 aromatic rings. The summed E-state index contributed by atoms with van der Waals surface area (Å²) in [7, 11) is 1.54. The number of carbonyl (C=O) groups is 2. The lowest BCUT2D eigenvalue weighted by atomic mass is 10.1. The number of thioether (sulfide) groups is 1. The molecule has 31 heavy (non-hydrogen) atoms. The molecule has 2 amide bonds. The first-order chi connectivity index (χ1) is 14.7. The number of benzene rings is 2. The molecule has 1 aliphatic rings. The van der Waals surface area contributed by atoms with Crippen molar-refractivity contribution >= 4 is 68.1 Å². The lowest BCUT2D eigenvalue weighted by Gasteiger charge is -2.19. The van der Waals surface area contributed by atoms with E-state index in [0.717, 1.165) is 17.3 Å². The van der Waals surface area contributed by atoms with Crippen LogP contribution >= 0.6 is 50.9 Å². The van der Waals surface area contributed by atoms with Crippen LogP contribution in [0, 0.1) is 0 Å². The van der Waals surface area contributed by atoms with Crippen molar-refractivity contribution in [2.45, 2.75) is 32.9 Å². The molecule has 1 aliphatic heterocycles. The van der Waals surface area contributed by atoms with E-state index >= 15 is 0 Å². The molecular weight excluding hydrogens is 525 g/mol. The third-order valence-corrected chi connectivity index (χ3v) is 7.11. The molecule has 9 heteroatoms. The third-order valence-electron chi connectivity index (χ3n) is 4.80. The molecule has 0 aromatic heterocycles. The van der Waals surface area contributed by atoms with Gasteiger partial charge in [-0.3, -0.25) is 14.5 Å². The monoisotopic (exact) mass is 543 g/mol. The van der Waals surface area contributed by atoms with Gasteiger partial charge in [-0.2, -0.15) is 0 Å². The van der Waals surface area contributed by atoms with Crippen molar-refractivity contribution in [2.24, 2.45) is 0 Å². The Morgan fingerprint density at radius 3 is 2.55 bits per heavy atom. The van der Waals surface area contributed by atoms with E-state index < -0.39 is 0 Å². The minimum Gasteiger partial charge on any atom is -0.493 e. The Kier molecular flexibility index (Phi) is 7.97. The normalized spacial score (nSPS) is 16.2. The van der Waals surface area contributed by atoms with Crippen LogP contribution in [-0.2, 0) is 11.4 Å². The van der Waals surface area contributed by atoms with E-state index in [4.69, 9.17) is 32.7 Å². The number of nitrogens with zero attached hydrogens (tertiary/aromatic N) is 1. The van der Waals surface area contributed by atoms with E-state index in [-0.39, 0.29) is 23.8 Å². The van der Waals surface area contributed by atoms with Crippen molar-refractivity contribution in [1.29, 1.82) is 0 Å². The number of halogens is 3. The zero-order valence-corrected chi connectivity index (χ0v) is 21.0. The van der Waals surface area contributed by atoms with E-state index in [1.807, 2.05) is 19.9 Å². The first-order valence-electron chi connectivity index (χ1n) is 9.46. The second-order valence-corrected chi connectivity index (χ2v) is 9.53. The van der Waals surface area contributed by atoms with Gasteiger partial charge in [-0.05, 0) is 66.6 Å². The molecule has 0 aliphatic carbocycles. The summed E-state index contributed by atoms with van der Waals surface area (Å²) in [5, 5.41) is 0.681. The Balaban J connectivity index is 1.84. The van der Waals surface area contributed by atoms with Crippen LogP contribution in [0.1, 0.15) is 31.4 Å². The van der Waals surface area contributed by atoms with Crippen LogP contribution in [0.4, 0.5) is 4.79 Å². The van der Waals surface area contributed by atoms with Crippen LogP contribution in [0.5, 0.6) is 11.5 Å². The van der Waals surface area contributed by atoms with Gasteiger partial charge in [-0.1, -0.05) is 52.1 Å². The van der Waals surface area contributed by atoms with Gasteiger partial charge in [-0.15, -0.1) is 0 Å². The molecule has 1 fully saturated rings. The SMILES string of the molecule is CC[C@@H](C)N1C(=O)S/C(=C/c2cc(OC)c(OCc3ccc(Cl)c(Cl)c3)cc2Br)C1=O. The lowest BCUT2D eigenvalue weighted by Crippen LogP contribution is -2.36. The van der Waals surface area contributed by atoms with Crippen LogP contribution in [0.2, 0.25) is 10.0 Å². The first kappa shape index (κ1) is 24.0. The number of methoxy groups -OCH3 is 1. The van der Waals surface area contributed by atoms with Crippen LogP contribution < -0.4 is 9.47 Å². The number of amides is 2. The van der Waals surface area contributed by atoms with E-state index in [9.17, 15) is 9.59 Å². The fraction of sp³-hybridized carbons (Fsp3) is 0.273. The molecular formula is C22H20BrCl2NO4S. The Morgan fingerprint density at radius 2 is 1.90 bits per heavy atom. The van der Waals surface area contributed by atoms with Gasteiger partial charge < -0.3 is 9.47 Å². The molecule has 0 spiro atoms. The highest BCUT2D eigenvalue weighted by Crippen LogP contribution is 2.39. The predicted octanol–water partition coefficient (Wildman–Crippen LogP) is 7.18. The van der Waals surface area contributed by atoms with Gasteiger partial charge in [0.1, 0.15) is 6.61 Å². The van der Waals surface area contributed by atoms with Crippen LogP contribution in [0.15, 0.2) is 39.7 Å². The average molecular weight is 545 g/mol. The predicted molar refractivity (Wildman–Crippen MR) is 129 cm³/mol. The average Bonchev–Trinajstić information content (AvgIpc) is 3.02. The lowest BCUT2D eigenvalue weighted by molar-refractivity contribution is -0.124. The van der Waals surface area contributed by atoms with Gasteiger partial charge in [0.25, 0.3) is 11.1 Å². The zero-order chi connectivity index (χ0) is 22.7. The van der Waals surface area contributed by atoms with Crippen molar-refractivity contribution in [2.75, 3.05) is 7.11 Å². The van der Waals surface area contributed by atoms with Gasteiger partial charge >= 0.3 is 0 Å². The smallest absolute Gasteiger partial charge is 0.293 e. The fourth-order valence-electron chi connectivity index (χ4n) is 2.91. The van der Waals surface area contributed by atoms with Crippen LogP contribution in [-0.4, -0.2) is 29.2 Å². The largest absolute Gasteiger partial charge is 0.493 e. The maximum absolute atomic E-state index is 12.7. The Morgan fingerprint density at radius 1 is 1.16 bits per heavy atom.